The minimum atomic E-state index is -0.394. The lowest BCUT2D eigenvalue weighted by atomic mass is 9.94. The van der Waals surface area contributed by atoms with E-state index in [4.69, 9.17) is 9.47 Å². The highest BCUT2D eigenvalue weighted by atomic mass is 19.1. The van der Waals surface area contributed by atoms with Gasteiger partial charge in [0, 0.05) is 5.56 Å². The van der Waals surface area contributed by atoms with E-state index in [0.717, 1.165) is 33.4 Å². The average molecular weight is 406 g/mol. The molecule has 0 radical (unpaired) electrons. The Bertz CT molecular complexity index is 1050. The minimum Gasteiger partial charge on any atom is -0.508 e. The number of halogens is 1. The molecule has 3 nitrogen and oxygen atoms in total. The van der Waals surface area contributed by atoms with Crippen molar-refractivity contribution in [2.24, 2.45) is 0 Å². The van der Waals surface area contributed by atoms with Gasteiger partial charge in [-0.15, -0.1) is 0 Å². The van der Waals surface area contributed by atoms with Crippen LogP contribution in [0.15, 0.2) is 66.2 Å². The van der Waals surface area contributed by atoms with E-state index in [2.05, 4.69) is 0 Å². The highest BCUT2D eigenvalue weighted by molar-refractivity contribution is 5.79. The summed E-state index contributed by atoms with van der Waals surface area (Å²) in [4.78, 5) is 0. The molecular weight excluding hydrogens is 379 g/mol. The zero-order valence-electron chi connectivity index (χ0n) is 17.8. The fourth-order valence-corrected chi connectivity index (χ4v) is 3.22. The van der Waals surface area contributed by atoms with Gasteiger partial charge in [0.1, 0.15) is 18.1 Å². The molecule has 156 valence electrons. The van der Waals surface area contributed by atoms with Crippen molar-refractivity contribution in [2.75, 3.05) is 13.2 Å². The van der Waals surface area contributed by atoms with E-state index in [1.165, 1.54) is 6.07 Å². The maximum Gasteiger partial charge on any atom is 0.165 e. The van der Waals surface area contributed by atoms with Crippen molar-refractivity contribution >= 4 is 0 Å². The minimum absolute atomic E-state index is 0.215. The average Bonchev–Trinajstić information content (AvgIpc) is 2.71. The molecule has 0 aromatic heterocycles. The summed E-state index contributed by atoms with van der Waals surface area (Å²) in [6.07, 6.45) is 1.91. The Kier molecular flexibility index (Phi) is 6.78. The third-order valence-corrected chi connectivity index (χ3v) is 4.78. The van der Waals surface area contributed by atoms with Gasteiger partial charge >= 0.3 is 0 Å². The van der Waals surface area contributed by atoms with Crippen LogP contribution >= 0.6 is 0 Å². The summed E-state index contributed by atoms with van der Waals surface area (Å²) in [5.41, 5.74) is 5.66. The van der Waals surface area contributed by atoms with Crippen LogP contribution in [0.2, 0.25) is 0 Å². The van der Waals surface area contributed by atoms with Gasteiger partial charge in [0.25, 0.3) is 0 Å². The molecule has 1 N–H and O–H groups in total. The highest BCUT2D eigenvalue weighted by Crippen LogP contribution is 2.38. The molecule has 30 heavy (non-hydrogen) atoms. The second-order valence-electron chi connectivity index (χ2n) is 7.38. The van der Waals surface area contributed by atoms with Crippen molar-refractivity contribution in [1.82, 2.24) is 0 Å². The van der Waals surface area contributed by atoms with Gasteiger partial charge in [-0.25, -0.2) is 4.39 Å². The highest BCUT2D eigenvalue weighted by Gasteiger charge is 2.14. The quantitative estimate of drug-likeness (QED) is 0.433. The predicted molar refractivity (Wildman–Crippen MR) is 120 cm³/mol. The molecule has 0 saturated heterocycles. The Morgan fingerprint density at radius 3 is 2.23 bits per heavy atom. The fourth-order valence-electron chi connectivity index (χ4n) is 3.22. The maximum atomic E-state index is 14.6. The Balaban J connectivity index is 1.98. The Morgan fingerprint density at radius 1 is 0.900 bits per heavy atom. The van der Waals surface area contributed by atoms with Crippen LogP contribution in [-0.4, -0.2) is 18.3 Å². The van der Waals surface area contributed by atoms with Gasteiger partial charge in [0.15, 0.2) is 11.6 Å². The van der Waals surface area contributed by atoms with Crippen LogP contribution in [-0.2, 0) is 0 Å². The summed E-state index contributed by atoms with van der Waals surface area (Å²) in [5, 5.41) is 9.57. The van der Waals surface area contributed by atoms with E-state index in [9.17, 15) is 9.50 Å². The van der Waals surface area contributed by atoms with Crippen LogP contribution in [0.3, 0.4) is 0 Å². The van der Waals surface area contributed by atoms with Gasteiger partial charge in [0.05, 0.1) is 6.61 Å². The van der Waals surface area contributed by atoms with E-state index in [1.807, 2.05) is 64.1 Å². The lowest BCUT2D eigenvalue weighted by Gasteiger charge is -2.16. The molecule has 0 unspecified atom stereocenters. The summed E-state index contributed by atoms with van der Waals surface area (Å²) >= 11 is 0. The number of phenols is 1. The Hall–Kier alpha value is -3.27. The van der Waals surface area contributed by atoms with Crippen molar-refractivity contribution in [3.63, 3.8) is 0 Å². The first-order valence-corrected chi connectivity index (χ1v) is 10.0. The molecule has 0 heterocycles. The number of ether oxygens (including phenoxy) is 2. The maximum absolute atomic E-state index is 14.6. The lowest BCUT2D eigenvalue weighted by Crippen LogP contribution is -1.98. The van der Waals surface area contributed by atoms with Gasteiger partial charge in [-0.05, 0) is 92.4 Å². The van der Waals surface area contributed by atoms with Crippen molar-refractivity contribution in [2.45, 2.75) is 27.7 Å². The SMILES string of the molecule is CCOc1cc(-c2ccc(OCC=C(C)C)c(F)c2)c(C)cc1-c1ccc(O)cc1. The Morgan fingerprint density at radius 2 is 1.60 bits per heavy atom. The molecule has 0 aliphatic carbocycles. The van der Waals surface area contributed by atoms with Crippen molar-refractivity contribution in [3.05, 3.63) is 77.6 Å². The van der Waals surface area contributed by atoms with Crippen LogP contribution in [0.25, 0.3) is 22.3 Å². The number of hydrogen-bond acceptors (Lipinski definition) is 3. The monoisotopic (exact) mass is 406 g/mol. The van der Waals surface area contributed by atoms with Gasteiger partial charge in [-0.1, -0.05) is 23.8 Å². The molecule has 0 amide bonds. The first-order chi connectivity index (χ1) is 14.4. The van der Waals surface area contributed by atoms with Gasteiger partial charge in [0.2, 0.25) is 0 Å². The van der Waals surface area contributed by atoms with E-state index in [-0.39, 0.29) is 11.5 Å². The third-order valence-electron chi connectivity index (χ3n) is 4.78. The molecule has 0 aliphatic heterocycles. The molecule has 0 bridgehead atoms. The molecule has 0 atom stereocenters. The van der Waals surface area contributed by atoms with Crippen LogP contribution < -0.4 is 9.47 Å². The second-order valence-corrected chi connectivity index (χ2v) is 7.38. The number of phenolic OH excluding ortho intramolecular Hbond substituents is 1. The Labute approximate surface area is 177 Å². The van der Waals surface area contributed by atoms with Crippen LogP contribution in [0.5, 0.6) is 17.2 Å². The molecule has 3 rings (SSSR count). The summed E-state index contributed by atoms with van der Waals surface area (Å²) in [6.45, 7) is 8.73. The van der Waals surface area contributed by atoms with Gasteiger partial charge in [-0.2, -0.15) is 0 Å². The van der Waals surface area contributed by atoms with Crippen molar-refractivity contribution in [1.29, 1.82) is 0 Å². The summed E-state index contributed by atoms with van der Waals surface area (Å²) in [5.74, 6) is 0.773. The van der Waals surface area contributed by atoms with Crippen LogP contribution in [0, 0.1) is 12.7 Å². The number of aromatic hydroxyl groups is 1. The van der Waals surface area contributed by atoms with E-state index in [0.29, 0.717) is 19.0 Å². The predicted octanol–water partition coefficient (Wildman–Crippen LogP) is 6.92. The molecular formula is C26H27FO3. The second kappa shape index (κ2) is 9.49. The van der Waals surface area contributed by atoms with Gasteiger partial charge < -0.3 is 14.6 Å². The molecule has 0 aliphatic rings. The number of rotatable bonds is 7. The van der Waals surface area contributed by atoms with Crippen molar-refractivity contribution in [3.8, 4) is 39.5 Å². The van der Waals surface area contributed by atoms with E-state index in [1.54, 1.807) is 18.2 Å². The number of aryl methyl sites for hydroxylation is 1. The molecule has 4 heteroatoms. The summed E-state index contributed by atoms with van der Waals surface area (Å²) < 4.78 is 26.0. The molecule has 3 aromatic rings. The van der Waals surface area contributed by atoms with Gasteiger partial charge in [-0.3, -0.25) is 0 Å². The standard InChI is InChI=1S/C26H27FO3/c1-5-29-26-16-22(18(4)14-23(26)19-6-9-21(28)10-7-19)20-8-11-25(24(27)15-20)30-13-12-17(2)3/h6-12,14-16,28H,5,13H2,1-4H3. The number of benzene rings is 3. The van der Waals surface area contributed by atoms with Crippen LogP contribution in [0.4, 0.5) is 4.39 Å². The summed E-state index contributed by atoms with van der Waals surface area (Å²) in [6, 6.07) is 16.0. The van der Waals surface area contributed by atoms with E-state index >= 15 is 0 Å². The molecule has 0 spiro atoms. The molecule has 0 fully saturated rings. The fraction of sp³-hybridized carbons (Fsp3) is 0.231. The van der Waals surface area contributed by atoms with E-state index < -0.39 is 5.82 Å². The lowest BCUT2D eigenvalue weighted by molar-refractivity contribution is 0.341. The zero-order valence-corrected chi connectivity index (χ0v) is 17.8. The third kappa shape index (κ3) is 5.01. The first kappa shape index (κ1) is 21.4. The molecule has 0 saturated carbocycles. The van der Waals surface area contributed by atoms with Crippen LogP contribution in [0.1, 0.15) is 26.3 Å². The number of allylic oxidation sites excluding steroid dienone is 1. The largest absolute Gasteiger partial charge is 0.508 e. The summed E-state index contributed by atoms with van der Waals surface area (Å²) in [7, 11) is 0. The van der Waals surface area contributed by atoms with Crippen molar-refractivity contribution < 1.29 is 19.0 Å². The first-order valence-electron chi connectivity index (χ1n) is 10.0. The topological polar surface area (TPSA) is 38.7 Å². The zero-order chi connectivity index (χ0) is 21.7. The number of hydrogen-bond donors (Lipinski definition) is 1. The molecule has 3 aromatic carbocycles. The smallest absolute Gasteiger partial charge is 0.165 e. The normalized spacial score (nSPS) is 10.6.